The van der Waals surface area contributed by atoms with Gasteiger partial charge in [0.1, 0.15) is 0 Å². The highest BCUT2D eigenvalue weighted by Gasteiger charge is 2.14. The zero-order valence-electron chi connectivity index (χ0n) is 6.40. The average Bonchev–Trinajstić information content (AvgIpc) is 2.04. The molecule has 0 fully saturated rings. The van der Waals surface area contributed by atoms with Crippen molar-refractivity contribution in [3.05, 3.63) is 12.2 Å². The van der Waals surface area contributed by atoms with Gasteiger partial charge >= 0.3 is 11.9 Å². The number of rotatable bonds is 4. The third-order valence-corrected chi connectivity index (χ3v) is 0.907. The average molecular weight is 176 g/mol. The highest BCUT2D eigenvalue weighted by molar-refractivity contribution is 5.92. The lowest BCUT2D eigenvalue weighted by Gasteiger charge is -2.00. The first-order valence-electron chi connectivity index (χ1n) is 2.88. The molecule has 0 saturated heterocycles. The summed E-state index contributed by atoms with van der Waals surface area (Å²) in [4.78, 5) is 32.3. The summed E-state index contributed by atoms with van der Waals surface area (Å²) in [6.07, 6.45) is -0.446. The van der Waals surface area contributed by atoms with Crippen molar-refractivity contribution in [1.82, 2.24) is 0 Å². The van der Waals surface area contributed by atoms with Crippen molar-refractivity contribution in [3.8, 4) is 0 Å². The van der Waals surface area contributed by atoms with E-state index in [1.807, 2.05) is 0 Å². The first kappa shape index (κ1) is 10.6. The third kappa shape index (κ3) is 3.69. The molecule has 12 heavy (non-hydrogen) atoms. The van der Waals surface area contributed by atoms with Crippen molar-refractivity contribution in [1.29, 1.82) is 0 Å². The normalized spacial score (nSPS) is 8.83. The number of carbonyl (C=O) groups is 2. The van der Waals surface area contributed by atoms with Crippen LogP contribution in [0.2, 0.25) is 0 Å². The SMILES string of the molecule is C=C(CC(=O)OO)C(=O)OOC. The minimum absolute atomic E-state index is 0.170. The van der Waals surface area contributed by atoms with Gasteiger partial charge in [0.25, 0.3) is 0 Å². The zero-order chi connectivity index (χ0) is 9.56. The molecule has 0 radical (unpaired) electrons. The summed E-state index contributed by atoms with van der Waals surface area (Å²) in [5.74, 6) is -1.88. The first-order chi connectivity index (χ1) is 5.61. The molecule has 0 aromatic rings. The zero-order valence-corrected chi connectivity index (χ0v) is 6.40. The van der Waals surface area contributed by atoms with E-state index < -0.39 is 18.4 Å². The Hall–Kier alpha value is -1.40. The van der Waals surface area contributed by atoms with Gasteiger partial charge < -0.3 is 4.89 Å². The van der Waals surface area contributed by atoms with Gasteiger partial charge in [-0.1, -0.05) is 6.58 Å². The molecule has 0 heterocycles. The molecule has 0 amide bonds. The second-order valence-electron chi connectivity index (χ2n) is 1.78. The molecular weight excluding hydrogens is 168 g/mol. The maximum atomic E-state index is 10.7. The lowest BCUT2D eigenvalue weighted by Crippen LogP contribution is -2.11. The molecule has 1 N–H and O–H groups in total. The molecule has 6 nitrogen and oxygen atoms in total. The Labute approximate surface area is 68.2 Å². The summed E-state index contributed by atoms with van der Waals surface area (Å²) in [5.41, 5.74) is -0.170. The van der Waals surface area contributed by atoms with Gasteiger partial charge in [-0.05, 0) is 0 Å². The van der Waals surface area contributed by atoms with Gasteiger partial charge in [-0.15, -0.1) is 0 Å². The molecule has 0 atom stereocenters. The number of hydrogen-bond donors (Lipinski definition) is 1. The van der Waals surface area contributed by atoms with Crippen LogP contribution in [0.4, 0.5) is 0 Å². The van der Waals surface area contributed by atoms with Crippen molar-refractivity contribution in [3.63, 3.8) is 0 Å². The molecule has 0 saturated carbocycles. The molecular formula is C6H8O6. The lowest BCUT2D eigenvalue weighted by atomic mass is 10.2. The minimum Gasteiger partial charge on any atom is -0.301 e. The van der Waals surface area contributed by atoms with Crippen molar-refractivity contribution in [2.75, 3.05) is 7.11 Å². The maximum Gasteiger partial charge on any atom is 0.369 e. The van der Waals surface area contributed by atoms with Crippen LogP contribution >= 0.6 is 0 Å². The number of hydrogen-bond acceptors (Lipinski definition) is 6. The Bertz CT molecular complexity index is 196. The second kappa shape index (κ2) is 5.28. The van der Waals surface area contributed by atoms with Crippen molar-refractivity contribution in [2.45, 2.75) is 6.42 Å². The highest BCUT2D eigenvalue weighted by atomic mass is 17.2. The topological polar surface area (TPSA) is 82.1 Å². The number of carbonyl (C=O) groups excluding carboxylic acids is 2. The van der Waals surface area contributed by atoms with E-state index in [4.69, 9.17) is 5.26 Å². The van der Waals surface area contributed by atoms with Crippen LogP contribution in [0.25, 0.3) is 0 Å². The summed E-state index contributed by atoms with van der Waals surface area (Å²) in [6.45, 7) is 3.19. The third-order valence-electron chi connectivity index (χ3n) is 0.907. The summed E-state index contributed by atoms with van der Waals surface area (Å²) in [6, 6.07) is 0. The van der Waals surface area contributed by atoms with E-state index in [9.17, 15) is 9.59 Å². The van der Waals surface area contributed by atoms with E-state index in [0.717, 1.165) is 7.11 Å². The second-order valence-corrected chi connectivity index (χ2v) is 1.78. The summed E-state index contributed by atoms with van der Waals surface area (Å²) < 4.78 is 0. The molecule has 0 bridgehead atoms. The predicted molar refractivity (Wildman–Crippen MR) is 35.6 cm³/mol. The van der Waals surface area contributed by atoms with Crippen molar-refractivity contribution in [2.24, 2.45) is 0 Å². The quantitative estimate of drug-likeness (QED) is 0.370. The fraction of sp³-hybridized carbons (Fsp3) is 0.333. The molecule has 0 aromatic heterocycles. The monoisotopic (exact) mass is 176 g/mol. The van der Waals surface area contributed by atoms with Crippen LogP contribution in [0.3, 0.4) is 0 Å². The Kier molecular flexibility index (Phi) is 4.66. The molecule has 0 aliphatic carbocycles. The van der Waals surface area contributed by atoms with Crippen LogP contribution in [0, 0.1) is 0 Å². The highest BCUT2D eigenvalue weighted by Crippen LogP contribution is 2.01. The van der Waals surface area contributed by atoms with Crippen LogP contribution in [-0.2, 0) is 24.3 Å². The van der Waals surface area contributed by atoms with E-state index in [1.165, 1.54) is 0 Å². The van der Waals surface area contributed by atoms with Crippen LogP contribution in [0.15, 0.2) is 12.2 Å². The smallest absolute Gasteiger partial charge is 0.301 e. The molecule has 68 valence electrons. The summed E-state index contributed by atoms with van der Waals surface area (Å²) in [7, 11) is 1.13. The maximum absolute atomic E-state index is 10.7. The van der Waals surface area contributed by atoms with Crippen LogP contribution < -0.4 is 0 Å². The largest absolute Gasteiger partial charge is 0.369 e. The molecule has 0 rings (SSSR count). The van der Waals surface area contributed by atoms with Gasteiger partial charge in [0.15, 0.2) is 0 Å². The van der Waals surface area contributed by atoms with Gasteiger partial charge in [0.2, 0.25) is 0 Å². The van der Waals surface area contributed by atoms with Gasteiger partial charge in [-0.3, -0.25) is 4.89 Å². The standard InChI is InChI=1S/C6H8O6/c1-4(3-5(7)11-9)6(8)12-10-2/h9H,1,3H2,2H3. The molecule has 0 aliphatic heterocycles. The van der Waals surface area contributed by atoms with Gasteiger partial charge in [-0.25, -0.2) is 9.59 Å². The molecule has 6 heteroatoms. The van der Waals surface area contributed by atoms with Crippen LogP contribution in [0.1, 0.15) is 6.42 Å². The Morgan fingerprint density at radius 1 is 1.50 bits per heavy atom. The fourth-order valence-corrected chi connectivity index (χ4v) is 0.413. The van der Waals surface area contributed by atoms with Gasteiger partial charge in [0, 0.05) is 5.57 Å². The van der Waals surface area contributed by atoms with E-state index in [2.05, 4.69) is 21.2 Å². The van der Waals surface area contributed by atoms with Crippen LogP contribution in [0.5, 0.6) is 0 Å². The minimum atomic E-state index is -0.993. The van der Waals surface area contributed by atoms with Crippen molar-refractivity contribution >= 4 is 11.9 Å². The fourth-order valence-electron chi connectivity index (χ4n) is 0.413. The summed E-state index contributed by atoms with van der Waals surface area (Å²) in [5, 5.41) is 7.82. The predicted octanol–water partition coefficient (Wildman–Crippen LogP) is 0.0535. The van der Waals surface area contributed by atoms with Gasteiger partial charge in [-0.2, -0.15) is 10.1 Å². The molecule has 0 aliphatic rings. The Balaban J connectivity index is 3.87. The van der Waals surface area contributed by atoms with E-state index in [0.29, 0.717) is 0 Å². The molecule has 0 unspecified atom stereocenters. The summed E-state index contributed by atoms with van der Waals surface area (Å²) >= 11 is 0. The molecule has 0 aromatic carbocycles. The van der Waals surface area contributed by atoms with E-state index in [-0.39, 0.29) is 5.57 Å². The van der Waals surface area contributed by atoms with E-state index >= 15 is 0 Å². The van der Waals surface area contributed by atoms with E-state index in [1.54, 1.807) is 0 Å². The first-order valence-corrected chi connectivity index (χ1v) is 2.88. The van der Waals surface area contributed by atoms with Gasteiger partial charge in [0.05, 0.1) is 13.5 Å². The Morgan fingerprint density at radius 3 is 2.50 bits per heavy atom. The lowest BCUT2D eigenvalue weighted by molar-refractivity contribution is -0.251. The Morgan fingerprint density at radius 2 is 2.08 bits per heavy atom. The molecule has 0 spiro atoms. The van der Waals surface area contributed by atoms with Crippen LogP contribution in [-0.4, -0.2) is 24.3 Å². The van der Waals surface area contributed by atoms with Crippen molar-refractivity contribution < 1.29 is 29.5 Å².